The predicted octanol–water partition coefficient (Wildman–Crippen LogP) is 8.28. The number of aliphatic hydroxyl groups excluding tert-OH is 1. The van der Waals surface area contributed by atoms with E-state index in [0.717, 1.165) is 18.1 Å². The number of unbranched alkanes of at least 4 members (excludes halogenated alkanes) is 15. The molecule has 1 saturated carbocycles. The van der Waals surface area contributed by atoms with Crippen molar-refractivity contribution in [1.82, 2.24) is 0 Å². The molecule has 1 aliphatic carbocycles. The second kappa shape index (κ2) is 18.7. The Hall–Kier alpha value is 0.310. The fourth-order valence-electron chi connectivity index (χ4n) is 4.17. The maximum absolute atomic E-state index is 9.71. The second-order valence-corrected chi connectivity index (χ2v) is 10.0. The van der Waals surface area contributed by atoms with Crippen LogP contribution in [0.1, 0.15) is 135 Å². The lowest BCUT2D eigenvalue weighted by molar-refractivity contribution is 0.133. The molecule has 1 fully saturated rings. The normalized spacial score (nSPS) is 20.5. The fraction of sp³-hybridized carbons (Fsp3) is 1.00. The van der Waals surface area contributed by atoms with Crippen molar-refractivity contribution in [2.24, 2.45) is 0 Å². The lowest BCUT2D eigenvalue weighted by Gasteiger charge is -2.25. The van der Waals surface area contributed by atoms with Gasteiger partial charge in [0, 0.05) is 5.25 Å². The van der Waals surface area contributed by atoms with E-state index in [-0.39, 0.29) is 6.10 Å². The summed E-state index contributed by atoms with van der Waals surface area (Å²) in [5, 5.41) is 10.5. The fourth-order valence-corrected chi connectivity index (χ4v) is 5.57. The Morgan fingerprint density at radius 3 is 1.58 bits per heavy atom. The summed E-state index contributed by atoms with van der Waals surface area (Å²) in [4.78, 5) is 0. The van der Waals surface area contributed by atoms with E-state index in [0.29, 0.717) is 0 Å². The third-order valence-corrected chi connectivity index (χ3v) is 7.37. The summed E-state index contributed by atoms with van der Waals surface area (Å²) in [6.45, 7) is 2.30. The first-order valence-corrected chi connectivity index (χ1v) is 13.2. The van der Waals surface area contributed by atoms with Gasteiger partial charge < -0.3 is 5.11 Å². The van der Waals surface area contributed by atoms with Crippen LogP contribution in [0, 0.1) is 0 Å². The van der Waals surface area contributed by atoms with Crippen molar-refractivity contribution in [3.63, 3.8) is 0 Å². The van der Waals surface area contributed by atoms with Crippen LogP contribution in [0.5, 0.6) is 0 Å². The van der Waals surface area contributed by atoms with E-state index in [9.17, 15) is 5.11 Å². The van der Waals surface area contributed by atoms with Gasteiger partial charge in [-0.25, -0.2) is 0 Å². The molecular formula is C24H48OS. The molecular weight excluding hydrogens is 336 g/mol. The van der Waals surface area contributed by atoms with Gasteiger partial charge in [-0.3, -0.25) is 0 Å². The third-order valence-electron chi connectivity index (χ3n) is 5.95. The van der Waals surface area contributed by atoms with Crippen molar-refractivity contribution in [3.8, 4) is 0 Å². The molecule has 2 heteroatoms. The van der Waals surface area contributed by atoms with Gasteiger partial charge in [0.25, 0.3) is 0 Å². The largest absolute Gasteiger partial charge is 0.393 e. The van der Waals surface area contributed by atoms with Crippen molar-refractivity contribution in [1.29, 1.82) is 0 Å². The van der Waals surface area contributed by atoms with E-state index in [1.807, 2.05) is 0 Å². The molecule has 0 spiro atoms. The van der Waals surface area contributed by atoms with Crippen LogP contribution in [-0.4, -0.2) is 22.2 Å². The summed E-state index contributed by atoms with van der Waals surface area (Å²) < 4.78 is 0. The molecule has 2 unspecified atom stereocenters. The second-order valence-electron chi connectivity index (χ2n) is 8.62. The van der Waals surface area contributed by atoms with Crippen molar-refractivity contribution >= 4 is 11.8 Å². The van der Waals surface area contributed by atoms with Gasteiger partial charge in [-0.2, -0.15) is 11.8 Å². The van der Waals surface area contributed by atoms with Crippen LogP contribution in [0.25, 0.3) is 0 Å². The number of thioether (sulfide) groups is 1. The summed E-state index contributed by atoms with van der Waals surface area (Å²) in [6.07, 6.45) is 27.8. The van der Waals surface area contributed by atoms with Crippen LogP contribution in [-0.2, 0) is 0 Å². The van der Waals surface area contributed by atoms with E-state index >= 15 is 0 Å². The standard InChI is InChI=1S/C24H48OS/c1-2-3-4-5-6-7-8-9-10-11-12-13-14-15-16-17-21-26-24-20-18-19-23(25)22-24/h23-25H,2-22H2,1H3. The zero-order chi connectivity index (χ0) is 18.7. The van der Waals surface area contributed by atoms with Gasteiger partial charge in [-0.15, -0.1) is 0 Å². The zero-order valence-electron chi connectivity index (χ0n) is 17.9. The summed E-state index contributed by atoms with van der Waals surface area (Å²) >= 11 is 2.13. The van der Waals surface area contributed by atoms with Gasteiger partial charge >= 0.3 is 0 Å². The highest BCUT2D eigenvalue weighted by Crippen LogP contribution is 2.29. The molecule has 0 amide bonds. The van der Waals surface area contributed by atoms with Gasteiger partial charge in [0.15, 0.2) is 0 Å². The van der Waals surface area contributed by atoms with E-state index < -0.39 is 0 Å². The first-order chi connectivity index (χ1) is 12.8. The highest BCUT2D eigenvalue weighted by Gasteiger charge is 2.19. The molecule has 1 aliphatic rings. The molecule has 0 aromatic heterocycles. The zero-order valence-corrected chi connectivity index (χ0v) is 18.7. The van der Waals surface area contributed by atoms with Gasteiger partial charge in [-0.1, -0.05) is 103 Å². The molecule has 26 heavy (non-hydrogen) atoms. The molecule has 0 aromatic rings. The van der Waals surface area contributed by atoms with E-state index in [1.165, 1.54) is 121 Å². The topological polar surface area (TPSA) is 20.2 Å². The molecule has 1 nitrogen and oxygen atoms in total. The number of aliphatic hydroxyl groups is 1. The molecule has 156 valence electrons. The van der Waals surface area contributed by atoms with E-state index in [2.05, 4.69) is 18.7 Å². The summed E-state index contributed by atoms with van der Waals surface area (Å²) in [5.74, 6) is 1.32. The molecule has 0 saturated heterocycles. The number of hydrogen-bond acceptors (Lipinski definition) is 2. The maximum Gasteiger partial charge on any atom is 0.0550 e. The lowest BCUT2D eigenvalue weighted by atomic mass is 9.97. The molecule has 0 aliphatic heterocycles. The van der Waals surface area contributed by atoms with Crippen molar-refractivity contribution < 1.29 is 5.11 Å². The van der Waals surface area contributed by atoms with Gasteiger partial charge in [0.05, 0.1) is 6.10 Å². The highest BCUT2D eigenvalue weighted by molar-refractivity contribution is 7.99. The Morgan fingerprint density at radius 2 is 1.12 bits per heavy atom. The van der Waals surface area contributed by atoms with Crippen molar-refractivity contribution in [2.45, 2.75) is 147 Å². The van der Waals surface area contributed by atoms with Crippen LogP contribution in [0.3, 0.4) is 0 Å². The Bertz CT molecular complexity index is 281. The van der Waals surface area contributed by atoms with Crippen molar-refractivity contribution in [2.75, 3.05) is 5.75 Å². The van der Waals surface area contributed by atoms with Crippen LogP contribution < -0.4 is 0 Å². The summed E-state index contributed by atoms with van der Waals surface area (Å²) in [5.41, 5.74) is 0. The first kappa shape index (κ1) is 24.3. The Balaban J connectivity index is 1.68. The van der Waals surface area contributed by atoms with Gasteiger partial charge in [0.1, 0.15) is 0 Å². The monoisotopic (exact) mass is 384 g/mol. The molecule has 1 N–H and O–H groups in total. The summed E-state index contributed by atoms with van der Waals surface area (Å²) in [7, 11) is 0. The maximum atomic E-state index is 9.71. The molecule has 2 atom stereocenters. The SMILES string of the molecule is CCCCCCCCCCCCCCCCCCSC1CCCC(O)C1. The van der Waals surface area contributed by atoms with E-state index in [4.69, 9.17) is 0 Å². The molecule has 0 heterocycles. The Kier molecular flexibility index (Phi) is 17.5. The smallest absolute Gasteiger partial charge is 0.0550 e. The third kappa shape index (κ3) is 15.4. The quantitative estimate of drug-likeness (QED) is 0.240. The Labute approximate surface area is 169 Å². The Morgan fingerprint density at radius 1 is 0.654 bits per heavy atom. The van der Waals surface area contributed by atoms with Crippen LogP contribution in [0.2, 0.25) is 0 Å². The molecule has 0 bridgehead atoms. The van der Waals surface area contributed by atoms with Gasteiger partial charge in [0.2, 0.25) is 0 Å². The van der Waals surface area contributed by atoms with Crippen LogP contribution in [0.15, 0.2) is 0 Å². The minimum atomic E-state index is -0.00737. The van der Waals surface area contributed by atoms with Crippen molar-refractivity contribution in [3.05, 3.63) is 0 Å². The van der Waals surface area contributed by atoms with E-state index in [1.54, 1.807) is 0 Å². The van der Waals surface area contributed by atoms with Gasteiger partial charge in [-0.05, 0) is 37.9 Å². The van der Waals surface area contributed by atoms with Crippen LogP contribution >= 0.6 is 11.8 Å². The summed E-state index contributed by atoms with van der Waals surface area (Å²) in [6, 6.07) is 0. The average Bonchev–Trinajstić information content (AvgIpc) is 2.64. The lowest BCUT2D eigenvalue weighted by Crippen LogP contribution is -2.21. The first-order valence-electron chi connectivity index (χ1n) is 12.1. The predicted molar refractivity (Wildman–Crippen MR) is 120 cm³/mol. The molecule has 1 rings (SSSR count). The average molecular weight is 385 g/mol. The number of hydrogen-bond donors (Lipinski definition) is 1. The highest BCUT2D eigenvalue weighted by atomic mass is 32.2. The number of rotatable bonds is 18. The minimum absolute atomic E-state index is 0.00737. The van der Waals surface area contributed by atoms with Crippen LogP contribution in [0.4, 0.5) is 0 Å². The molecule has 0 radical (unpaired) electrons. The minimum Gasteiger partial charge on any atom is -0.393 e. The molecule has 0 aromatic carbocycles.